The molecule has 0 aromatic carbocycles. The lowest BCUT2D eigenvalue weighted by molar-refractivity contribution is -0.132. The van der Waals surface area contributed by atoms with Crippen molar-refractivity contribution in [2.45, 2.75) is 89.3 Å². The molecule has 1 unspecified atom stereocenters. The van der Waals surface area contributed by atoms with Crippen LogP contribution in [0.3, 0.4) is 0 Å². The molecule has 3 aliphatic rings. The molecular weight excluding hydrogens is 264 g/mol. The predicted octanol–water partition coefficient (Wildman–Crippen LogP) is 3.69. The Bertz CT molecular complexity index is 434. The summed E-state index contributed by atoms with van der Waals surface area (Å²) < 4.78 is 0. The Morgan fingerprint density at radius 2 is 1.57 bits per heavy atom. The van der Waals surface area contributed by atoms with Crippen molar-refractivity contribution in [3.8, 4) is 0 Å². The highest BCUT2D eigenvalue weighted by atomic mass is 16.2. The van der Waals surface area contributed by atoms with E-state index in [9.17, 15) is 4.79 Å². The smallest absolute Gasteiger partial charge is 0.270 e. The molecule has 3 rings (SSSR count). The SMILES string of the molecule is CC1=NN(C2CCCCC2)C(=O)C1N=NC1CCCCC1. The summed E-state index contributed by atoms with van der Waals surface area (Å²) in [5.74, 6) is 0.0407. The van der Waals surface area contributed by atoms with Crippen LogP contribution in [0.15, 0.2) is 15.3 Å². The molecule has 1 amide bonds. The van der Waals surface area contributed by atoms with Gasteiger partial charge in [-0.05, 0) is 32.6 Å². The van der Waals surface area contributed by atoms with E-state index in [1.165, 1.54) is 38.5 Å². The molecule has 0 bridgehead atoms. The zero-order chi connectivity index (χ0) is 14.7. The Hall–Kier alpha value is -1.26. The Morgan fingerprint density at radius 1 is 0.952 bits per heavy atom. The van der Waals surface area contributed by atoms with Crippen LogP contribution < -0.4 is 0 Å². The Morgan fingerprint density at radius 3 is 2.24 bits per heavy atom. The summed E-state index contributed by atoms with van der Waals surface area (Å²) in [6.45, 7) is 1.91. The molecule has 1 aliphatic heterocycles. The number of rotatable bonds is 3. The summed E-state index contributed by atoms with van der Waals surface area (Å²) >= 11 is 0. The van der Waals surface area contributed by atoms with E-state index >= 15 is 0 Å². The van der Waals surface area contributed by atoms with Crippen LogP contribution in [0.2, 0.25) is 0 Å². The van der Waals surface area contributed by atoms with E-state index in [2.05, 4.69) is 15.3 Å². The summed E-state index contributed by atoms with van der Waals surface area (Å²) in [5.41, 5.74) is 0.810. The predicted molar refractivity (Wildman–Crippen MR) is 82.3 cm³/mol. The fourth-order valence-corrected chi connectivity index (χ4v) is 3.66. The van der Waals surface area contributed by atoms with Crippen LogP contribution in [0.25, 0.3) is 0 Å². The lowest BCUT2D eigenvalue weighted by Gasteiger charge is -2.28. The highest BCUT2D eigenvalue weighted by Crippen LogP contribution is 2.27. The summed E-state index contributed by atoms with van der Waals surface area (Å²) in [7, 11) is 0. The van der Waals surface area contributed by atoms with Gasteiger partial charge in [0.25, 0.3) is 5.91 Å². The van der Waals surface area contributed by atoms with Gasteiger partial charge >= 0.3 is 0 Å². The summed E-state index contributed by atoms with van der Waals surface area (Å²) in [5, 5.41) is 15.0. The second-order valence-electron chi connectivity index (χ2n) is 6.64. The average Bonchev–Trinajstić information content (AvgIpc) is 2.82. The fraction of sp³-hybridized carbons (Fsp3) is 0.875. The van der Waals surface area contributed by atoms with Gasteiger partial charge in [0.05, 0.1) is 17.8 Å². The number of azo groups is 1. The van der Waals surface area contributed by atoms with Gasteiger partial charge in [-0.1, -0.05) is 38.5 Å². The first-order chi connectivity index (χ1) is 10.3. The van der Waals surface area contributed by atoms with Gasteiger partial charge in [0.1, 0.15) is 0 Å². The van der Waals surface area contributed by atoms with Crippen molar-refractivity contribution < 1.29 is 4.79 Å². The lowest BCUT2D eigenvalue weighted by Crippen LogP contribution is -2.38. The molecule has 1 atom stereocenters. The fourth-order valence-electron chi connectivity index (χ4n) is 3.66. The molecule has 0 spiro atoms. The number of hydrogen-bond acceptors (Lipinski definition) is 4. The van der Waals surface area contributed by atoms with Crippen molar-refractivity contribution in [3.63, 3.8) is 0 Å². The molecule has 2 aliphatic carbocycles. The Kier molecular flexibility index (Phi) is 4.66. The lowest BCUT2D eigenvalue weighted by atomic mass is 9.95. The topological polar surface area (TPSA) is 57.4 Å². The maximum atomic E-state index is 12.5. The number of hydrogen-bond donors (Lipinski definition) is 0. The van der Waals surface area contributed by atoms with E-state index in [0.717, 1.165) is 31.4 Å². The Labute approximate surface area is 126 Å². The van der Waals surface area contributed by atoms with Crippen LogP contribution in [0.4, 0.5) is 0 Å². The third kappa shape index (κ3) is 3.33. The molecule has 1 heterocycles. The summed E-state index contributed by atoms with van der Waals surface area (Å²) in [6.07, 6.45) is 11.9. The van der Waals surface area contributed by atoms with E-state index in [0.29, 0.717) is 6.04 Å². The minimum Gasteiger partial charge on any atom is -0.270 e. The number of carbonyl (C=O) groups excluding carboxylic acids is 1. The number of amides is 1. The van der Waals surface area contributed by atoms with Gasteiger partial charge in [-0.25, -0.2) is 5.01 Å². The summed E-state index contributed by atoms with van der Waals surface area (Å²) in [4.78, 5) is 12.5. The molecule has 0 radical (unpaired) electrons. The number of carbonyl (C=O) groups is 1. The highest BCUT2D eigenvalue weighted by molar-refractivity contribution is 6.10. The van der Waals surface area contributed by atoms with Crippen molar-refractivity contribution in [3.05, 3.63) is 0 Å². The largest absolute Gasteiger partial charge is 0.275 e. The van der Waals surface area contributed by atoms with Crippen molar-refractivity contribution in [2.75, 3.05) is 0 Å². The zero-order valence-electron chi connectivity index (χ0n) is 13.0. The van der Waals surface area contributed by atoms with Crippen molar-refractivity contribution >= 4 is 11.6 Å². The number of nitrogens with zero attached hydrogens (tertiary/aromatic N) is 4. The van der Waals surface area contributed by atoms with E-state index in [-0.39, 0.29) is 11.9 Å². The molecule has 0 aromatic rings. The molecule has 21 heavy (non-hydrogen) atoms. The molecule has 0 aromatic heterocycles. The normalized spacial score (nSPS) is 29.4. The van der Waals surface area contributed by atoms with Crippen LogP contribution in [0.1, 0.15) is 71.1 Å². The maximum absolute atomic E-state index is 12.5. The third-order valence-corrected chi connectivity index (χ3v) is 4.96. The first kappa shape index (κ1) is 14.7. The van der Waals surface area contributed by atoms with E-state index in [1.54, 1.807) is 5.01 Å². The molecule has 5 nitrogen and oxygen atoms in total. The van der Waals surface area contributed by atoms with Gasteiger partial charge in [-0.15, -0.1) is 0 Å². The van der Waals surface area contributed by atoms with Crippen molar-refractivity contribution in [1.82, 2.24) is 5.01 Å². The van der Waals surface area contributed by atoms with E-state index in [4.69, 9.17) is 0 Å². The number of hydrazone groups is 1. The minimum absolute atomic E-state index is 0.0407. The standard InChI is InChI=1S/C16H26N4O/c1-12-15(18-17-13-8-4-2-5-9-13)16(21)20(19-12)14-10-6-3-7-11-14/h13-15H,2-11H2,1H3. The van der Waals surface area contributed by atoms with Crippen LogP contribution in [-0.4, -0.2) is 34.8 Å². The van der Waals surface area contributed by atoms with E-state index < -0.39 is 6.04 Å². The van der Waals surface area contributed by atoms with Crippen molar-refractivity contribution in [1.29, 1.82) is 0 Å². The quantitative estimate of drug-likeness (QED) is 0.731. The second kappa shape index (κ2) is 6.67. The minimum atomic E-state index is -0.450. The molecule has 116 valence electrons. The molecule has 0 saturated heterocycles. The Balaban J connectivity index is 1.62. The van der Waals surface area contributed by atoms with Crippen LogP contribution >= 0.6 is 0 Å². The van der Waals surface area contributed by atoms with E-state index in [1.807, 2.05) is 6.92 Å². The monoisotopic (exact) mass is 290 g/mol. The zero-order valence-corrected chi connectivity index (χ0v) is 13.0. The highest BCUT2D eigenvalue weighted by Gasteiger charge is 2.38. The van der Waals surface area contributed by atoms with Gasteiger partial charge in [0.15, 0.2) is 6.04 Å². The van der Waals surface area contributed by atoms with Crippen molar-refractivity contribution in [2.24, 2.45) is 15.3 Å². The molecule has 2 saturated carbocycles. The first-order valence-electron chi connectivity index (χ1n) is 8.54. The van der Waals surface area contributed by atoms with Gasteiger partial charge in [0, 0.05) is 0 Å². The first-order valence-corrected chi connectivity index (χ1v) is 8.54. The molecule has 2 fully saturated rings. The van der Waals surface area contributed by atoms with Gasteiger partial charge < -0.3 is 0 Å². The second-order valence-corrected chi connectivity index (χ2v) is 6.64. The van der Waals surface area contributed by atoms with Crippen LogP contribution in [0.5, 0.6) is 0 Å². The molecule has 5 heteroatoms. The van der Waals surface area contributed by atoms with Gasteiger partial charge in [0.2, 0.25) is 0 Å². The van der Waals surface area contributed by atoms with Gasteiger partial charge in [-0.2, -0.15) is 15.3 Å². The van der Waals surface area contributed by atoms with Gasteiger partial charge in [-0.3, -0.25) is 4.79 Å². The molecule has 0 N–H and O–H groups in total. The molecular formula is C16H26N4O. The van der Waals surface area contributed by atoms with Crippen LogP contribution in [0, 0.1) is 0 Å². The van der Waals surface area contributed by atoms with Crippen LogP contribution in [-0.2, 0) is 4.79 Å². The average molecular weight is 290 g/mol. The third-order valence-electron chi connectivity index (χ3n) is 4.96. The summed E-state index contributed by atoms with van der Waals surface area (Å²) in [6, 6.07) is 0.160. The maximum Gasteiger partial charge on any atom is 0.275 e.